The van der Waals surface area contributed by atoms with Gasteiger partial charge in [0.05, 0.1) is 29.8 Å². The summed E-state index contributed by atoms with van der Waals surface area (Å²) >= 11 is 0. The summed E-state index contributed by atoms with van der Waals surface area (Å²) in [5, 5.41) is 13.5. The smallest absolute Gasteiger partial charge is 0.291 e. The molecule has 1 aromatic carbocycles. The van der Waals surface area contributed by atoms with E-state index in [0.29, 0.717) is 5.56 Å². The van der Waals surface area contributed by atoms with Gasteiger partial charge < -0.3 is 0 Å². The molecule has 4 rings (SSSR count). The molecular weight excluding hydrogens is 375 g/mol. The average Bonchev–Trinajstić information content (AvgIpc) is 3.39. The van der Waals surface area contributed by atoms with Crippen LogP contribution in [0.25, 0.3) is 11.0 Å². The van der Waals surface area contributed by atoms with Crippen LogP contribution < -0.4 is 11.2 Å². The Morgan fingerprint density at radius 2 is 1.89 bits per heavy atom. The van der Waals surface area contributed by atoms with Crippen LogP contribution in [-0.4, -0.2) is 19.7 Å². The molecule has 28 heavy (non-hydrogen) atoms. The van der Waals surface area contributed by atoms with E-state index in [4.69, 9.17) is 5.26 Å². The Hall–Kier alpha value is -3.35. The van der Waals surface area contributed by atoms with E-state index in [0.717, 1.165) is 25.0 Å². The molecule has 0 amide bonds. The van der Waals surface area contributed by atoms with Crippen LogP contribution in [0, 0.1) is 17.2 Å². The summed E-state index contributed by atoms with van der Waals surface area (Å²) in [4.78, 5) is 28.7. The highest BCUT2D eigenvalue weighted by molar-refractivity contribution is 5.77. The zero-order chi connectivity index (χ0) is 20.1. The molecule has 1 fully saturated rings. The van der Waals surface area contributed by atoms with Gasteiger partial charge in [0.15, 0.2) is 0 Å². The van der Waals surface area contributed by atoms with Crippen molar-refractivity contribution in [2.75, 3.05) is 0 Å². The van der Waals surface area contributed by atoms with Crippen LogP contribution in [0.2, 0.25) is 0 Å². The van der Waals surface area contributed by atoms with Crippen LogP contribution in [0.1, 0.15) is 35.7 Å². The molecule has 2 N–H and O–H groups in total. The van der Waals surface area contributed by atoms with Crippen molar-refractivity contribution in [2.45, 2.75) is 31.5 Å². The molecule has 10 heteroatoms. The highest BCUT2D eigenvalue weighted by Gasteiger charge is 2.37. The predicted molar refractivity (Wildman–Crippen MR) is 92.6 cm³/mol. The quantitative estimate of drug-likeness (QED) is 0.715. The number of aromatic nitrogens is 4. The molecule has 0 bridgehead atoms. The number of hydrogen-bond acceptors (Lipinski definition) is 4. The molecule has 7 nitrogen and oxygen atoms in total. The third-order valence-corrected chi connectivity index (χ3v) is 4.83. The van der Waals surface area contributed by atoms with E-state index in [1.807, 2.05) is 6.07 Å². The monoisotopic (exact) mass is 389 g/mol. The third kappa shape index (κ3) is 3.09. The molecule has 1 aliphatic rings. The van der Waals surface area contributed by atoms with E-state index >= 15 is 0 Å². The number of halogens is 3. The van der Waals surface area contributed by atoms with E-state index in [9.17, 15) is 22.8 Å². The minimum absolute atomic E-state index is 0.109. The normalized spacial score (nSPS) is 15.5. The minimum Gasteiger partial charge on any atom is -0.291 e. The van der Waals surface area contributed by atoms with Gasteiger partial charge in [0.25, 0.3) is 5.56 Å². The first-order chi connectivity index (χ1) is 13.3. The Labute approximate surface area is 155 Å². The highest BCUT2D eigenvalue weighted by atomic mass is 19.4. The van der Waals surface area contributed by atoms with Gasteiger partial charge in [-0.15, -0.1) is 0 Å². The first-order valence-electron chi connectivity index (χ1n) is 8.57. The van der Waals surface area contributed by atoms with Crippen molar-refractivity contribution in [3.8, 4) is 6.07 Å². The second-order valence-corrected chi connectivity index (χ2v) is 6.76. The SMILES string of the molecule is N#CCc1nn(C(c2ccc(C(F)(F)F)cc2)C2CC2)c2[nH]c(=O)[nH]c(=O)c12. The van der Waals surface area contributed by atoms with Crippen molar-refractivity contribution < 1.29 is 13.2 Å². The van der Waals surface area contributed by atoms with Crippen molar-refractivity contribution in [2.24, 2.45) is 5.92 Å². The number of nitrogens with one attached hydrogen (secondary N) is 2. The van der Waals surface area contributed by atoms with Gasteiger partial charge in [0.2, 0.25) is 0 Å². The lowest BCUT2D eigenvalue weighted by atomic mass is 10.0. The van der Waals surface area contributed by atoms with Crippen molar-refractivity contribution in [1.82, 2.24) is 19.7 Å². The Bertz CT molecular complexity index is 1190. The molecule has 0 aliphatic heterocycles. The number of H-pyrrole nitrogens is 2. The number of nitriles is 1. The van der Waals surface area contributed by atoms with Gasteiger partial charge in [0, 0.05) is 0 Å². The van der Waals surface area contributed by atoms with Crippen LogP contribution in [-0.2, 0) is 12.6 Å². The van der Waals surface area contributed by atoms with Crippen LogP contribution in [0.4, 0.5) is 13.2 Å². The Kier molecular flexibility index (Phi) is 4.10. The third-order valence-electron chi connectivity index (χ3n) is 4.83. The fourth-order valence-corrected chi connectivity index (χ4v) is 3.44. The van der Waals surface area contributed by atoms with Gasteiger partial charge in [-0.1, -0.05) is 12.1 Å². The Morgan fingerprint density at radius 1 is 1.21 bits per heavy atom. The first-order valence-corrected chi connectivity index (χ1v) is 8.57. The molecule has 0 spiro atoms. The first kappa shape index (κ1) is 18.0. The van der Waals surface area contributed by atoms with E-state index in [1.54, 1.807) is 0 Å². The number of benzene rings is 1. The maximum Gasteiger partial charge on any atom is 0.416 e. The molecule has 0 radical (unpaired) electrons. The highest BCUT2D eigenvalue weighted by Crippen LogP contribution is 2.44. The van der Waals surface area contributed by atoms with Gasteiger partial charge in [-0.25, -0.2) is 9.48 Å². The molecule has 2 aromatic heterocycles. The molecule has 1 aliphatic carbocycles. The summed E-state index contributed by atoms with van der Waals surface area (Å²) in [5.41, 5.74) is -1.17. The van der Waals surface area contributed by atoms with Crippen molar-refractivity contribution in [1.29, 1.82) is 5.26 Å². The summed E-state index contributed by atoms with van der Waals surface area (Å²) in [6, 6.07) is 6.26. The summed E-state index contributed by atoms with van der Waals surface area (Å²) in [6.45, 7) is 0. The minimum atomic E-state index is -4.44. The Balaban J connectivity index is 1.90. The van der Waals surface area contributed by atoms with E-state index in [-0.39, 0.29) is 29.1 Å². The van der Waals surface area contributed by atoms with E-state index in [2.05, 4.69) is 15.1 Å². The number of hydrogen-bond donors (Lipinski definition) is 2. The van der Waals surface area contributed by atoms with Crippen LogP contribution in [0.15, 0.2) is 33.9 Å². The topological polar surface area (TPSA) is 107 Å². The zero-order valence-corrected chi connectivity index (χ0v) is 14.4. The molecule has 144 valence electrons. The molecule has 1 atom stereocenters. The number of rotatable bonds is 4. The zero-order valence-electron chi connectivity index (χ0n) is 14.4. The molecule has 0 saturated heterocycles. The summed E-state index contributed by atoms with van der Waals surface area (Å²) in [5.74, 6) is 0.109. The number of nitrogens with zero attached hydrogens (tertiary/aromatic N) is 3. The van der Waals surface area contributed by atoms with Gasteiger partial charge in [-0.05, 0) is 36.5 Å². The lowest BCUT2D eigenvalue weighted by Crippen LogP contribution is -2.24. The summed E-state index contributed by atoms with van der Waals surface area (Å²) in [7, 11) is 0. The fraction of sp³-hybridized carbons (Fsp3) is 0.333. The van der Waals surface area contributed by atoms with Crippen LogP contribution in [0.5, 0.6) is 0 Å². The fourth-order valence-electron chi connectivity index (χ4n) is 3.44. The number of alkyl halides is 3. The van der Waals surface area contributed by atoms with Gasteiger partial charge in [0.1, 0.15) is 11.0 Å². The Morgan fingerprint density at radius 3 is 2.46 bits per heavy atom. The van der Waals surface area contributed by atoms with Crippen molar-refractivity contribution in [3.63, 3.8) is 0 Å². The second-order valence-electron chi connectivity index (χ2n) is 6.76. The average molecular weight is 389 g/mol. The predicted octanol–water partition coefficient (Wildman–Crippen LogP) is 2.50. The lowest BCUT2D eigenvalue weighted by Gasteiger charge is -2.19. The van der Waals surface area contributed by atoms with Gasteiger partial charge in [-0.2, -0.15) is 23.5 Å². The number of fused-ring (bicyclic) bond motifs is 1. The van der Waals surface area contributed by atoms with Crippen LogP contribution >= 0.6 is 0 Å². The van der Waals surface area contributed by atoms with Crippen molar-refractivity contribution in [3.05, 3.63) is 61.9 Å². The molecular formula is C18H14F3N5O2. The van der Waals surface area contributed by atoms with E-state index < -0.39 is 29.0 Å². The van der Waals surface area contributed by atoms with Gasteiger partial charge in [-0.3, -0.25) is 14.8 Å². The number of aromatic amines is 2. The standard InChI is InChI=1S/C18H14F3N5O2/c19-18(20,21)11-5-3-10(4-6-11)14(9-1-2-9)26-15-13(12(25-26)7-8-22)16(27)24-17(28)23-15/h3-6,9,14H,1-2,7H2,(H2,23,24,27,28). The van der Waals surface area contributed by atoms with Crippen molar-refractivity contribution >= 4 is 11.0 Å². The largest absolute Gasteiger partial charge is 0.416 e. The van der Waals surface area contributed by atoms with E-state index in [1.165, 1.54) is 16.8 Å². The second kappa shape index (κ2) is 6.37. The van der Waals surface area contributed by atoms with Gasteiger partial charge >= 0.3 is 11.9 Å². The lowest BCUT2D eigenvalue weighted by molar-refractivity contribution is -0.137. The molecule has 2 heterocycles. The molecule has 1 saturated carbocycles. The summed E-state index contributed by atoms with van der Waals surface area (Å²) in [6.07, 6.45) is -2.89. The maximum absolute atomic E-state index is 12.9. The maximum atomic E-state index is 12.9. The molecule has 3 aromatic rings. The molecule has 1 unspecified atom stereocenters. The summed E-state index contributed by atoms with van der Waals surface area (Å²) < 4.78 is 40.1. The van der Waals surface area contributed by atoms with Crippen LogP contribution in [0.3, 0.4) is 0 Å².